The molecule has 0 unspecified atom stereocenters. The Bertz CT molecular complexity index is 575. The van der Waals surface area contributed by atoms with Gasteiger partial charge in [0.15, 0.2) is 0 Å². The second-order valence-electron chi connectivity index (χ2n) is 4.86. The number of primary amides is 1. The molecule has 1 fully saturated rings. The van der Waals surface area contributed by atoms with Crippen LogP contribution < -0.4 is 11.1 Å². The molecule has 0 atom stereocenters. The summed E-state index contributed by atoms with van der Waals surface area (Å²) in [6, 6.07) is 6.11. The SMILES string of the molecule is CNC1CCN(S(=O)(=O)c2ccc(C(N)=O)cc2)CC1. The Morgan fingerprint density at radius 3 is 2.25 bits per heavy atom. The summed E-state index contributed by atoms with van der Waals surface area (Å²) in [6.45, 7) is 1.01. The van der Waals surface area contributed by atoms with Crippen LogP contribution >= 0.6 is 0 Å². The Kier molecular flexibility index (Phi) is 4.42. The van der Waals surface area contributed by atoms with Crippen molar-refractivity contribution in [3.63, 3.8) is 0 Å². The summed E-state index contributed by atoms with van der Waals surface area (Å²) < 4.78 is 26.4. The largest absolute Gasteiger partial charge is 0.366 e. The van der Waals surface area contributed by atoms with Crippen LogP contribution in [-0.2, 0) is 10.0 Å². The standard InChI is InChI=1S/C13H19N3O3S/c1-15-11-6-8-16(9-7-11)20(18,19)12-4-2-10(3-5-12)13(14)17/h2-5,11,15H,6-9H2,1H3,(H2,14,17). The third-order valence-corrected chi connectivity index (χ3v) is 5.55. The van der Waals surface area contributed by atoms with Crippen LogP contribution in [0.3, 0.4) is 0 Å². The predicted octanol–water partition coefficient (Wildman–Crippen LogP) is 0.158. The highest BCUT2D eigenvalue weighted by molar-refractivity contribution is 7.89. The summed E-state index contributed by atoms with van der Waals surface area (Å²) in [4.78, 5) is 11.2. The van der Waals surface area contributed by atoms with Gasteiger partial charge in [-0.25, -0.2) is 8.42 Å². The molecule has 1 aromatic carbocycles. The molecule has 1 aromatic rings. The molecule has 0 aromatic heterocycles. The number of nitrogens with one attached hydrogen (secondary N) is 1. The number of nitrogens with two attached hydrogens (primary N) is 1. The van der Waals surface area contributed by atoms with E-state index >= 15 is 0 Å². The van der Waals surface area contributed by atoms with E-state index in [0.29, 0.717) is 24.7 Å². The molecule has 1 amide bonds. The van der Waals surface area contributed by atoms with Crippen LogP contribution in [0.2, 0.25) is 0 Å². The maximum absolute atomic E-state index is 12.5. The van der Waals surface area contributed by atoms with Gasteiger partial charge in [0, 0.05) is 24.7 Å². The molecule has 0 aliphatic carbocycles. The second-order valence-corrected chi connectivity index (χ2v) is 6.79. The Balaban J connectivity index is 2.16. The summed E-state index contributed by atoms with van der Waals surface area (Å²) in [5.41, 5.74) is 5.44. The Morgan fingerprint density at radius 1 is 1.25 bits per heavy atom. The predicted molar refractivity (Wildman–Crippen MR) is 75.8 cm³/mol. The molecule has 20 heavy (non-hydrogen) atoms. The van der Waals surface area contributed by atoms with Gasteiger partial charge in [0.25, 0.3) is 0 Å². The van der Waals surface area contributed by atoms with E-state index in [9.17, 15) is 13.2 Å². The molecule has 6 nitrogen and oxygen atoms in total. The number of sulfonamides is 1. The van der Waals surface area contributed by atoms with Crippen molar-refractivity contribution in [2.45, 2.75) is 23.8 Å². The zero-order valence-electron chi connectivity index (χ0n) is 11.4. The Morgan fingerprint density at radius 2 is 1.80 bits per heavy atom. The van der Waals surface area contributed by atoms with E-state index in [1.807, 2.05) is 7.05 Å². The lowest BCUT2D eigenvalue weighted by molar-refractivity contribution is 0.1000. The molecule has 0 spiro atoms. The van der Waals surface area contributed by atoms with Gasteiger partial charge in [-0.05, 0) is 44.2 Å². The van der Waals surface area contributed by atoms with Crippen molar-refractivity contribution in [2.24, 2.45) is 5.73 Å². The van der Waals surface area contributed by atoms with Crippen LogP contribution in [0.4, 0.5) is 0 Å². The minimum Gasteiger partial charge on any atom is -0.366 e. The summed E-state index contributed by atoms with van der Waals surface area (Å²) in [5, 5.41) is 3.16. The van der Waals surface area contributed by atoms with Crippen molar-refractivity contribution < 1.29 is 13.2 Å². The number of carbonyl (C=O) groups is 1. The van der Waals surface area contributed by atoms with Crippen molar-refractivity contribution in [3.8, 4) is 0 Å². The number of benzene rings is 1. The van der Waals surface area contributed by atoms with Crippen LogP contribution in [0.25, 0.3) is 0 Å². The van der Waals surface area contributed by atoms with Gasteiger partial charge in [0.1, 0.15) is 0 Å². The molecule has 0 saturated carbocycles. The maximum Gasteiger partial charge on any atom is 0.248 e. The molecular formula is C13H19N3O3S. The first kappa shape index (κ1) is 15.0. The molecule has 0 radical (unpaired) electrons. The summed E-state index contributed by atoms with van der Waals surface area (Å²) >= 11 is 0. The zero-order chi connectivity index (χ0) is 14.8. The summed E-state index contributed by atoms with van der Waals surface area (Å²) in [6.07, 6.45) is 1.60. The van der Waals surface area contributed by atoms with Gasteiger partial charge in [-0.2, -0.15) is 4.31 Å². The average Bonchev–Trinajstić information content (AvgIpc) is 2.47. The van der Waals surface area contributed by atoms with Crippen molar-refractivity contribution in [1.82, 2.24) is 9.62 Å². The van der Waals surface area contributed by atoms with E-state index in [-0.39, 0.29) is 4.90 Å². The third kappa shape index (κ3) is 3.00. The molecule has 110 valence electrons. The number of nitrogens with zero attached hydrogens (tertiary/aromatic N) is 1. The van der Waals surface area contributed by atoms with Crippen molar-refractivity contribution in [2.75, 3.05) is 20.1 Å². The summed E-state index contributed by atoms with van der Waals surface area (Å²) in [5.74, 6) is -0.566. The topological polar surface area (TPSA) is 92.5 Å². The van der Waals surface area contributed by atoms with Crippen LogP contribution in [0, 0.1) is 0 Å². The highest BCUT2D eigenvalue weighted by atomic mass is 32.2. The molecule has 0 bridgehead atoms. The second kappa shape index (κ2) is 5.90. The van der Waals surface area contributed by atoms with E-state index in [4.69, 9.17) is 5.73 Å². The number of rotatable bonds is 4. The van der Waals surface area contributed by atoms with E-state index < -0.39 is 15.9 Å². The van der Waals surface area contributed by atoms with E-state index in [0.717, 1.165) is 12.8 Å². The van der Waals surface area contributed by atoms with Crippen LogP contribution in [0.5, 0.6) is 0 Å². The van der Waals surface area contributed by atoms with Crippen LogP contribution in [-0.4, -0.2) is 44.8 Å². The molecule has 1 saturated heterocycles. The van der Waals surface area contributed by atoms with Gasteiger partial charge >= 0.3 is 0 Å². The number of carbonyl (C=O) groups excluding carboxylic acids is 1. The molecular weight excluding hydrogens is 278 g/mol. The highest BCUT2D eigenvalue weighted by Crippen LogP contribution is 2.21. The van der Waals surface area contributed by atoms with Gasteiger partial charge in [-0.3, -0.25) is 4.79 Å². The lowest BCUT2D eigenvalue weighted by Gasteiger charge is -2.30. The fourth-order valence-electron chi connectivity index (χ4n) is 2.33. The number of piperidine rings is 1. The van der Waals surface area contributed by atoms with E-state index in [1.165, 1.54) is 28.6 Å². The normalized spacial score (nSPS) is 18.1. The number of amides is 1. The Labute approximate surface area is 119 Å². The average molecular weight is 297 g/mol. The van der Waals surface area contributed by atoms with E-state index in [2.05, 4.69) is 5.32 Å². The molecule has 1 aliphatic heterocycles. The minimum atomic E-state index is -3.48. The van der Waals surface area contributed by atoms with Gasteiger partial charge in [-0.1, -0.05) is 0 Å². The number of hydrogen-bond acceptors (Lipinski definition) is 4. The lowest BCUT2D eigenvalue weighted by atomic mass is 10.1. The monoisotopic (exact) mass is 297 g/mol. The zero-order valence-corrected chi connectivity index (χ0v) is 12.2. The quantitative estimate of drug-likeness (QED) is 0.828. The summed E-state index contributed by atoms with van der Waals surface area (Å²) in [7, 11) is -1.60. The fourth-order valence-corrected chi connectivity index (χ4v) is 3.79. The molecule has 7 heteroatoms. The van der Waals surface area contributed by atoms with Gasteiger partial charge in [-0.15, -0.1) is 0 Å². The van der Waals surface area contributed by atoms with Crippen LogP contribution in [0.15, 0.2) is 29.2 Å². The number of hydrogen-bond donors (Lipinski definition) is 2. The third-order valence-electron chi connectivity index (χ3n) is 3.64. The smallest absolute Gasteiger partial charge is 0.248 e. The van der Waals surface area contributed by atoms with Crippen molar-refractivity contribution in [3.05, 3.63) is 29.8 Å². The van der Waals surface area contributed by atoms with E-state index in [1.54, 1.807) is 0 Å². The Hall–Kier alpha value is -1.44. The van der Waals surface area contributed by atoms with Crippen LogP contribution in [0.1, 0.15) is 23.2 Å². The van der Waals surface area contributed by atoms with Gasteiger partial charge in [0.05, 0.1) is 4.90 Å². The highest BCUT2D eigenvalue weighted by Gasteiger charge is 2.28. The first-order valence-electron chi connectivity index (χ1n) is 6.52. The molecule has 1 aliphatic rings. The first-order valence-corrected chi connectivity index (χ1v) is 7.96. The minimum absolute atomic E-state index is 0.199. The van der Waals surface area contributed by atoms with Gasteiger partial charge in [0.2, 0.25) is 15.9 Å². The van der Waals surface area contributed by atoms with Crippen molar-refractivity contribution >= 4 is 15.9 Å². The van der Waals surface area contributed by atoms with Crippen molar-refractivity contribution in [1.29, 1.82) is 0 Å². The first-order chi connectivity index (χ1) is 9.45. The molecule has 2 rings (SSSR count). The molecule has 1 heterocycles. The molecule has 3 N–H and O–H groups in total. The van der Waals surface area contributed by atoms with Gasteiger partial charge < -0.3 is 11.1 Å². The lowest BCUT2D eigenvalue weighted by Crippen LogP contribution is -2.43. The fraction of sp³-hybridized carbons (Fsp3) is 0.462. The maximum atomic E-state index is 12.5.